The number of aliphatic hydroxyl groups excluding tert-OH is 1. The molecule has 1 aromatic carbocycles. The van der Waals surface area contributed by atoms with Gasteiger partial charge in [-0.1, -0.05) is 26.8 Å². The summed E-state index contributed by atoms with van der Waals surface area (Å²) in [5, 5.41) is 12.4. The Morgan fingerprint density at radius 1 is 1.32 bits per heavy atom. The minimum absolute atomic E-state index is 0.0595. The molecule has 0 aliphatic heterocycles. The molecule has 0 aliphatic rings. The van der Waals surface area contributed by atoms with Gasteiger partial charge >= 0.3 is 0 Å². The second-order valence-corrected chi connectivity index (χ2v) is 7.15. The molecule has 0 saturated heterocycles. The predicted octanol–water partition coefficient (Wildman–Crippen LogP) is 1.12. The quantitative estimate of drug-likeness (QED) is 0.666. The maximum Gasteiger partial charge on any atom is 0.251 e. The van der Waals surface area contributed by atoms with Crippen LogP contribution in [0.5, 0.6) is 0 Å². The van der Waals surface area contributed by atoms with Gasteiger partial charge in [0, 0.05) is 18.7 Å². The maximum atomic E-state index is 12.0. The summed E-state index contributed by atoms with van der Waals surface area (Å²) in [5.41, 5.74) is 0.276. The molecule has 0 bridgehead atoms. The van der Waals surface area contributed by atoms with Crippen LogP contribution < -0.4 is 10.0 Å². The van der Waals surface area contributed by atoms with Gasteiger partial charge in [-0.3, -0.25) is 4.79 Å². The summed E-state index contributed by atoms with van der Waals surface area (Å²) in [4.78, 5) is 12.1. The first kappa shape index (κ1) is 18.6. The van der Waals surface area contributed by atoms with E-state index in [0.29, 0.717) is 13.0 Å². The summed E-state index contributed by atoms with van der Waals surface area (Å²) in [7, 11) is -3.58. The molecule has 124 valence electrons. The van der Waals surface area contributed by atoms with Gasteiger partial charge in [-0.05, 0) is 30.5 Å². The van der Waals surface area contributed by atoms with Gasteiger partial charge in [0.1, 0.15) is 0 Å². The van der Waals surface area contributed by atoms with E-state index in [1.165, 1.54) is 18.2 Å². The van der Waals surface area contributed by atoms with Crippen molar-refractivity contribution in [3.05, 3.63) is 29.8 Å². The van der Waals surface area contributed by atoms with Gasteiger partial charge < -0.3 is 10.4 Å². The highest BCUT2D eigenvalue weighted by atomic mass is 32.2. The van der Waals surface area contributed by atoms with Gasteiger partial charge in [-0.2, -0.15) is 0 Å². The lowest BCUT2D eigenvalue weighted by molar-refractivity contribution is 0.0920. The van der Waals surface area contributed by atoms with Gasteiger partial charge in [0.25, 0.3) is 5.91 Å². The monoisotopic (exact) mass is 328 g/mol. The summed E-state index contributed by atoms with van der Waals surface area (Å²) in [5.74, 6) is -0.227. The summed E-state index contributed by atoms with van der Waals surface area (Å²) in [6.07, 6.45) is -0.0144. The van der Waals surface area contributed by atoms with Crippen molar-refractivity contribution in [3.63, 3.8) is 0 Å². The number of benzene rings is 1. The van der Waals surface area contributed by atoms with E-state index in [-0.39, 0.29) is 28.8 Å². The van der Waals surface area contributed by atoms with Gasteiger partial charge in [0.05, 0.1) is 11.0 Å². The van der Waals surface area contributed by atoms with Crippen molar-refractivity contribution in [2.24, 2.45) is 5.92 Å². The molecule has 7 heteroatoms. The zero-order chi connectivity index (χ0) is 16.8. The van der Waals surface area contributed by atoms with Crippen LogP contribution in [0.25, 0.3) is 0 Å². The first-order valence-electron chi connectivity index (χ1n) is 7.34. The Balaban J connectivity index is 2.71. The fourth-order valence-corrected chi connectivity index (χ4v) is 2.93. The second-order valence-electron chi connectivity index (χ2n) is 5.39. The van der Waals surface area contributed by atoms with Crippen LogP contribution in [-0.2, 0) is 10.0 Å². The van der Waals surface area contributed by atoms with Crippen molar-refractivity contribution in [1.82, 2.24) is 10.0 Å². The molecule has 1 amide bonds. The molecule has 1 aromatic rings. The van der Waals surface area contributed by atoms with E-state index in [0.717, 1.165) is 0 Å². The van der Waals surface area contributed by atoms with Crippen molar-refractivity contribution >= 4 is 15.9 Å². The highest BCUT2D eigenvalue weighted by molar-refractivity contribution is 7.89. The number of hydrogen-bond acceptors (Lipinski definition) is 4. The van der Waals surface area contributed by atoms with Crippen molar-refractivity contribution in [2.75, 3.05) is 13.1 Å². The van der Waals surface area contributed by atoms with Gasteiger partial charge in [0.2, 0.25) is 10.0 Å². The number of carbonyl (C=O) groups excluding carboxylic acids is 1. The molecule has 0 fully saturated rings. The van der Waals surface area contributed by atoms with Gasteiger partial charge in [-0.15, -0.1) is 0 Å². The predicted molar refractivity (Wildman–Crippen MR) is 85.1 cm³/mol. The van der Waals surface area contributed by atoms with Crippen LogP contribution in [0.15, 0.2) is 29.2 Å². The Labute approximate surface area is 132 Å². The second kappa shape index (κ2) is 8.26. The molecule has 3 N–H and O–H groups in total. The van der Waals surface area contributed by atoms with Crippen LogP contribution in [-0.4, -0.2) is 38.6 Å². The Hall–Kier alpha value is -1.44. The fraction of sp³-hybridized carbons (Fsp3) is 0.533. The largest absolute Gasteiger partial charge is 0.393 e. The van der Waals surface area contributed by atoms with Crippen LogP contribution in [0.2, 0.25) is 0 Å². The van der Waals surface area contributed by atoms with Crippen LogP contribution in [0.1, 0.15) is 37.6 Å². The topological polar surface area (TPSA) is 95.5 Å². The third kappa shape index (κ3) is 5.40. The summed E-state index contributed by atoms with van der Waals surface area (Å²) in [6, 6.07) is 5.87. The molecule has 0 spiro atoms. The molecule has 1 rings (SSSR count). The fourth-order valence-electron chi connectivity index (χ4n) is 1.85. The summed E-state index contributed by atoms with van der Waals surface area (Å²) < 4.78 is 26.2. The van der Waals surface area contributed by atoms with E-state index in [1.807, 2.05) is 13.8 Å². The third-order valence-corrected chi connectivity index (χ3v) is 4.78. The molecule has 6 nitrogen and oxygen atoms in total. The number of sulfonamides is 1. The number of aliphatic hydroxyl groups is 1. The molecular formula is C15H24N2O4S. The Morgan fingerprint density at radius 2 is 2.00 bits per heavy atom. The average Bonchev–Trinajstić information content (AvgIpc) is 2.47. The summed E-state index contributed by atoms with van der Waals surface area (Å²) >= 11 is 0. The normalized spacial score (nSPS) is 13.1. The van der Waals surface area contributed by atoms with E-state index in [9.17, 15) is 18.3 Å². The number of hydrogen-bond donors (Lipinski definition) is 3. The van der Waals surface area contributed by atoms with E-state index < -0.39 is 16.1 Å². The smallest absolute Gasteiger partial charge is 0.251 e. The first-order chi connectivity index (χ1) is 10.3. The lowest BCUT2D eigenvalue weighted by Crippen LogP contribution is -2.29. The molecule has 0 aromatic heterocycles. The van der Waals surface area contributed by atoms with E-state index in [2.05, 4.69) is 10.0 Å². The Morgan fingerprint density at radius 3 is 2.59 bits per heavy atom. The lowest BCUT2D eigenvalue weighted by atomic mass is 10.0. The van der Waals surface area contributed by atoms with Gasteiger partial charge in [-0.25, -0.2) is 13.1 Å². The van der Waals surface area contributed by atoms with Crippen molar-refractivity contribution < 1.29 is 18.3 Å². The SMILES string of the molecule is CCNS(=O)(=O)c1cccc(C(=O)NCC[C@@H](O)C(C)C)c1. The number of rotatable bonds is 8. The molecule has 22 heavy (non-hydrogen) atoms. The molecule has 1 atom stereocenters. The zero-order valence-corrected chi connectivity index (χ0v) is 14.0. The van der Waals surface area contributed by atoms with Crippen molar-refractivity contribution in [2.45, 2.75) is 38.2 Å². The average molecular weight is 328 g/mol. The standard InChI is InChI=1S/C15H24N2O4S/c1-4-17-22(20,21)13-7-5-6-12(10-13)15(19)16-9-8-14(18)11(2)3/h5-7,10-11,14,17-18H,4,8-9H2,1-3H3,(H,16,19)/t14-/m1/s1. The van der Waals surface area contributed by atoms with E-state index in [4.69, 9.17) is 0 Å². The van der Waals surface area contributed by atoms with E-state index in [1.54, 1.807) is 13.0 Å². The Kier molecular flexibility index (Phi) is 6.99. The van der Waals surface area contributed by atoms with Gasteiger partial charge in [0.15, 0.2) is 0 Å². The molecule has 0 heterocycles. The molecule has 0 radical (unpaired) electrons. The van der Waals surface area contributed by atoms with Crippen LogP contribution >= 0.6 is 0 Å². The highest BCUT2D eigenvalue weighted by Gasteiger charge is 2.15. The van der Waals surface area contributed by atoms with Crippen LogP contribution in [0, 0.1) is 5.92 Å². The van der Waals surface area contributed by atoms with Crippen molar-refractivity contribution in [1.29, 1.82) is 0 Å². The van der Waals surface area contributed by atoms with E-state index >= 15 is 0 Å². The number of amides is 1. The molecule has 0 saturated carbocycles. The third-order valence-electron chi connectivity index (χ3n) is 3.24. The van der Waals surface area contributed by atoms with Crippen LogP contribution in [0.4, 0.5) is 0 Å². The minimum Gasteiger partial charge on any atom is -0.393 e. The zero-order valence-electron chi connectivity index (χ0n) is 13.2. The Bertz CT molecular complexity index is 599. The summed E-state index contributed by atoms with van der Waals surface area (Å²) in [6.45, 7) is 6.12. The first-order valence-corrected chi connectivity index (χ1v) is 8.82. The number of carbonyl (C=O) groups is 1. The molecule has 0 aliphatic carbocycles. The highest BCUT2D eigenvalue weighted by Crippen LogP contribution is 2.11. The molecular weight excluding hydrogens is 304 g/mol. The molecule has 0 unspecified atom stereocenters. The minimum atomic E-state index is -3.58. The lowest BCUT2D eigenvalue weighted by Gasteiger charge is -2.14. The number of nitrogens with one attached hydrogen (secondary N) is 2. The maximum absolute atomic E-state index is 12.0. The van der Waals surface area contributed by atoms with Crippen molar-refractivity contribution in [3.8, 4) is 0 Å². The van der Waals surface area contributed by atoms with Crippen LogP contribution in [0.3, 0.4) is 0 Å².